The largest absolute Gasteiger partial charge is 0.344 e. The van der Waals surface area contributed by atoms with Crippen LogP contribution in [0, 0.1) is 13.8 Å². The fraction of sp³-hybridized carbons (Fsp3) is 0.278. The number of anilines is 1. The van der Waals surface area contributed by atoms with Gasteiger partial charge < -0.3 is 10.2 Å². The number of hydrogen-bond donors (Lipinski definition) is 1. The summed E-state index contributed by atoms with van der Waals surface area (Å²) in [5.74, 6) is 0. The zero-order valence-corrected chi connectivity index (χ0v) is 13.3. The molecule has 21 heavy (non-hydrogen) atoms. The van der Waals surface area contributed by atoms with Crippen molar-refractivity contribution in [2.45, 2.75) is 26.8 Å². The van der Waals surface area contributed by atoms with E-state index in [0.717, 1.165) is 30.3 Å². The minimum atomic E-state index is 0.813. The average Bonchev–Trinajstić information content (AvgIpc) is 2.50. The molecule has 0 atom stereocenters. The van der Waals surface area contributed by atoms with Crippen molar-refractivity contribution in [1.82, 2.24) is 4.90 Å². The highest BCUT2D eigenvalue weighted by Crippen LogP contribution is 2.20. The molecule has 2 nitrogen and oxygen atoms in total. The fourth-order valence-electron chi connectivity index (χ4n) is 2.69. The van der Waals surface area contributed by atoms with E-state index in [-0.39, 0.29) is 0 Å². The van der Waals surface area contributed by atoms with Crippen molar-refractivity contribution in [1.29, 1.82) is 0 Å². The molecule has 0 radical (unpaired) electrons. The number of aryl methyl sites for hydroxylation is 2. The monoisotopic (exact) mass is 296 g/mol. The van der Waals surface area contributed by atoms with E-state index < -0.39 is 0 Å². The van der Waals surface area contributed by atoms with Gasteiger partial charge in [0, 0.05) is 18.8 Å². The minimum absolute atomic E-state index is 0.813. The molecule has 1 aliphatic rings. The van der Waals surface area contributed by atoms with Gasteiger partial charge in [0.15, 0.2) is 5.11 Å². The van der Waals surface area contributed by atoms with Crippen LogP contribution in [0.5, 0.6) is 0 Å². The van der Waals surface area contributed by atoms with Crippen LogP contribution in [-0.2, 0) is 13.0 Å². The Morgan fingerprint density at radius 2 is 1.81 bits per heavy atom. The summed E-state index contributed by atoms with van der Waals surface area (Å²) in [6, 6.07) is 15.0. The Hall–Kier alpha value is -1.87. The van der Waals surface area contributed by atoms with Gasteiger partial charge in [0.25, 0.3) is 0 Å². The van der Waals surface area contributed by atoms with Crippen LogP contribution in [0.1, 0.15) is 22.3 Å². The number of nitrogens with zero attached hydrogens (tertiary/aromatic N) is 1. The maximum atomic E-state index is 5.58. The predicted octanol–water partition coefficient (Wildman–Crippen LogP) is 4.06. The Morgan fingerprint density at radius 1 is 1.05 bits per heavy atom. The Morgan fingerprint density at radius 3 is 2.57 bits per heavy atom. The average molecular weight is 296 g/mol. The first kappa shape index (κ1) is 14.1. The number of thiocarbonyl (C=S) groups is 1. The quantitative estimate of drug-likeness (QED) is 0.799. The Balaban J connectivity index is 1.70. The third-order valence-electron chi connectivity index (χ3n) is 4.18. The van der Waals surface area contributed by atoms with Gasteiger partial charge in [0.2, 0.25) is 0 Å². The van der Waals surface area contributed by atoms with E-state index in [9.17, 15) is 0 Å². The zero-order chi connectivity index (χ0) is 14.8. The summed E-state index contributed by atoms with van der Waals surface area (Å²) in [7, 11) is 0. The molecule has 3 heteroatoms. The molecule has 108 valence electrons. The first-order valence-electron chi connectivity index (χ1n) is 7.33. The van der Waals surface area contributed by atoms with Crippen LogP contribution in [0.4, 0.5) is 5.69 Å². The van der Waals surface area contributed by atoms with Crippen LogP contribution in [0.15, 0.2) is 42.5 Å². The summed E-state index contributed by atoms with van der Waals surface area (Å²) in [6.07, 6.45) is 1.06. The molecule has 0 saturated carbocycles. The van der Waals surface area contributed by atoms with Crippen molar-refractivity contribution < 1.29 is 0 Å². The van der Waals surface area contributed by atoms with Crippen molar-refractivity contribution in [3.8, 4) is 0 Å². The van der Waals surface area contributed by atoms with Crippen LogP contribution < -0.4 is 5.32 Å². The molecule has 0 amide bonds. The second kappa shape index (κ2) is 5.86. The highest BCUT2D eigenvalue weighted by Gasteiger charge is 2.17. The molecule has 2 aromatic rings. The first-order chi connectivity index (χ1) is 10.1. The van der Waals surface area contributed by atoms with Gasteiger partial charge in [0.1, 0.15) is 0 Å². The number of fused-ring (bicyclic) bond motifs is 1. The molecule has 0 aromatic heterocycles. The maximum absolute atomic E-state index is 5.58. The highest BCUT2D eigenvalue weighted by molar-refractivity contribution is 7.80. The van der Waals surface area contributed by atoms with E-state index in [2.05, 4.69) is 66.5 Å². The van der Waals surface area contributed by atoms with Crippen LogP contribution in [0.3, 0.4) is 0 Å². The maximum Gasteiger partial charge on any atom is 0.173 e. The Labute approximate surface area is 131 Å². The number of benzene rings is 2. The number of nitrogens with one attached hydrogen (secondary N) is 1. The second-order valence-electron chi connectivity index (χ2n) is 5.67. The normalized spacial score (nSPS) is 13.7. The molecule has 1 heterocycles. The van der Waals surface area contributed by atoms with Crippen molar-refractivity contribution >= 4 is 23.0 Å². The molecule has 0 unspecified atom stereocenters. The second-order valence-corrected chi connectivity index (χ2v) is 6.06. The van der Waals surface area contributed by atoms with Gasteiger partial charge in [-0.05, 0) is 66.9 Å². The number of rotatable bonds is 1. The molecule has 0 aliphatic carbocycles. The van der Waals surface area contributed by atoms with E-state index in [1.807, 2.05) is 0 Å². The molecule has 0 bridgehead atoms. The van der Waals surface area contributed by atoms with Gasteiger partial charge in [-0.25, -0.2) is 0 Å². The number of hydrogen-bond acceptors (Lipinski definition) is 1. The molecule has 0 fully saturated rings. The summed E-state index contributed by atoms with van der Waals surface area (Å²) in [4.78, 5) is 2.24. The van der Waals surface area contributed by atoms with Gasteiger partial charge >= 0.3 is 0 Å². The lowest BCUT2D eigenvalue weighted by Gasteiger charge is -2.31. The zero-order valence-electron chi connectivity index (χ0n) is 12.5. The molecular weight excluding hydrogens is 276 g/mol. The van der Waals surface area contributed by atoms with Gasteiger partial charge in [-0.15, -0.1) is 0 Å². The van der Waals surface area contributed by atoms with Crippen LogP contribution >= 0.6 is 12.2 Å². The van der Waals surface area contributed by atoms with Crippen molar-refractivity contribution in [2.24, 2.45) is 0 Å². The SMILES string of the molecule is Cc1ccc(NC(=S)N2CCc3ccccc3C2)cc1C. The Bertz CT molecular complexity index is 679. The fourth-order valence-corrected chi connectivity index (χ4v) is 2.96. The van der Waals surface area contributed by atoms with Gasteiger partial charge in [0.05, 0.1) is 0 Å². The Kier molecular flexibility index (Phi) is 3.93. The molecule has 1 aliphatic heterocycles. The van der Waals surface area contributed by atoms with E-state index in [4.69, 9.17) is 12.2 Å². The minimum Gasteiger partial charge on any atom is -0.344 e. The molecule has 0 spiro atoms. The molecule has 1 N–H and O–H groups in total. The predicted molar refractivity (Wildman–Crippen MR) is 92.7 cm³/mol. The lowest BCUT2D eigenvalue weighted by Crippen LogP contribution is -2.38. The van der Waals surface area contributed by atoms with Gasteiger partial charge in [-0.2, -0.15) is 0 Å². The van der Waals surface area contributed by atoms with Crippen LogP contribution in [0.25, 0.3) is 0 Å². The van der Waals surface area contributed by atoms with E-state index in [1.165, 1.54) is 22.3 Å². The highest BCUT2D eigenvalue weighted by atomic mass is 32.1. The molecule has 3 rings (SSSR count). The van der Waals surface area contributed by atoms with Crippen molar-refractivity contribution in [3.63, 3.8) is 0 Å². The first-order valence-corrected chi connectivity index (χ1v) is 7.74. The summed E-state index contributed by atoms with van der Waals surface area (Å²) < 4.78 is 0. The summed E-state index contributed by atoms with van der Waals surface area (Å²) >= 11 is 5.58. The summed E-state index contributed by atoms with van der Waals surface area (Å²) in [5, 5.41) is 4.18. The van der Waals surface area contributed by atoms with Gasteiger partial charge in [-0.3, -0.25) is 0 Å². The summed E-state index contributed by atoms with van der Waals surface area (Å²) in [5.41, 5.74) is 6.49. The van der Waals surface area contributed by atoms with Crippen LogP contribution in [0.2, 0.25) is 0 Å². The van der Waals surface area contributed by atoms with Gasteiger partial charge in [-0.1, -0.05) is 30.3 Å². The van der Waals surface area contributed by atoms with E-state index in [0.29, 0.717) is 0 Å². The van der Waals surface area contributed by atoms with Crippen molar-refractivity contribution in [2.75, 3.05) is 11.9 Å². The lowest BCUT2D eigenvalue weighted by atomic mass is 10.0. The van der Waals surface area contributed by atoms with E-state index >= 15 is 0 Å². The smallest absolute Gasteiger partial charge is 0.173 e. The topological polar surface area (TPSA) is 15.3 Å². The van der Waals surface area contributed by atoms with E-state index in [1.54, 1.807) is 0 Å². The third kappa shape index (κ3) is 3.08. The third-order valence-corrected chi connectivity index (χ3v) is 4.54. The molecular formula is C18H20N2S. The van der Waals surface area contributed by atoms with Crippen LogP contribution in [-0.4, -0.2) is 16.6 Å². The lowest BCUT2D eigenvalue weighted by molar-refractivity contribution is 0.399. The standard InChI is InChI=1S/C18H20N2S/c1-13-7-8-17(11-14(13)2)19-18(21)20-10-9-15-5-3-4-6-16(15)12-20/h3-8,11H,9-10,12H2,1-2H3,(H,19,21). The molecule has 2 aromatic carbocycles. The van der Waals surface area contributed by atoms with Crippen molar-refractivity contribution in [3.05, 3.63) is 64.7 Å². The summed E-state index contributed by atoms with van der Waals surface area (Å²) in [6.45, 7) is 6.13. The molecule has 0 saturated heterocycles.